The summed E-state index contributed by atoms with van der Waals surface area (Å²) in [5.41, 5.74) is 0.950. The van der Waals surface area contributed by atoms with Gasteiger partial charge in [0.15, 0.2) is 11.9 Å². The Morgan fingerprint density at radius 2 is 2.29 bits per heavy atom. The summed E-state index contributed by atoms with van der Waals surface area (Å²) in [7, 11) is 0. The monoisotopic (exact) mass is 186 g/mol. The molecule has 0 radical (unpaired) electrons. The van der Waals surface area contributed by atoms with Gasteiger partial charge in [0.25, 0.3) is 0 Å². The molecule has 0 N–H and O–H groups in total. The Kier molecular flexibility index (Phi) is 2.24. The van der Waals surface area contributed by atoms with Crippen molar-refractivity contribution in [2.45, 2.75) is 18.9 Å². The molecule has 1 aromatic rings. The van der Waals surface area contributed by atoms with Crippen molar-refractivity contribution in [3.8, 4) is 18.1 Å². The smallest absolute Gasteiger partial charge is 0.178 e. The van der Waals surface area contributed by atoms with E-state index in [0.717, 1.165) is 11.3 Å². The van der Waals surface area contributed by atoms with Crippen molar-refractivity contribution in [2.24, 2.45) is 0 Å². The number of Topliss-reactive ketones (excluding diaryl/α,β-unsaturated/α-hetero) is 1. The highest BCUT2D eigenvalue weighted by Crippen LogP contribution is 2.26. The highest BCUT2D eigenvalue weighted by atomic mass is 16.5. The number of fused-ring (bicyclic) bond motifs is 1. The molecule has 0 saturated carbocycles. The Morgan fingerprint density at radius 3 is 3.07 bits per heavy atom. The first-order valence-corrected chi connectivity index (χ1v) is 4.52. The molecule has 0 fully saturated rings. The molecule has 0 saturated heterocycles. The van der Waals surface area contributed by atoms with E-state index in [1.54, 1.807) is 0 Å². The van der Waals surface area contributed by atoms with Crippen LogP contribution in [0.2, 0.25) is 0 Å². The molecular formula is C12H10O2. The third-order valence-corrected chi connectivity index (χ3v) is 2.27. The largest absolute Gasteiger partial charge is 0.481 e. The number of hydrogen-bond acceptors (Lipinski definition) is 2. The fraction of sp³-hybridized carbons (Fsp3) is 0.250. The maximum absolute atomic E-state index is 11.5. The molecule has 70 valence electrons. The Bertz CT molecular complexity index is 401. The second kappa shape index (κ2) is 3.55. The van der Waals surface area contributed by atoms with Gasteiger partial charge in [0, 0.05) is 12.0 Å². The Hall–Kier alpha value is -1.75. The van der Waals surface area contributed by atoms with E-state index < -0.39 is 6.10 Å². The van der Waals surface area contributed by atoms with Crippen LogP contribution in [-0.4, -0.2) is 11.9 Å². The summed E-state index contributed by atoms with van der Waals surface area (Å²) in [5, 5.41) is 0. The van der Waals surface area contributed by atoms with Crippen molar-refractivity contribution in [1.29, 1.82) is 0 Å². The summed E-state index contributed by atoms with van der Waals surface area (Å²) in [5.74, 6) is 3.31. The zero-order valence-corrected chi connectivity index (χ0v) is 7.69. The number of benzene rings is 1. The molecule has 0 spiro atoms. The molecule has 14 heavy (non-hydrogen) atoms. The van der Waals surface area contributed by atoms with Gasteiger partial charge >= 0.3 is 0 Å². The van der Waals surface area contributed by atoms with Crippen LogP contribution in [0.4, 0.5) is 0 Å². The number of hydrogen-bond donors (Lipinski definition) is 0. The Morgan fingerprint density at radius 1 is 1.50 bits per heavy atom. The molecule has 1 aliphatic rings. The normalized spacial score (nSPS) is 19.4. The van der Waals surface area contributed by atoms with Crippen molar-refractivity contribution in [3.63, 3.8) is 0 Å². The van der Waals surface area contributed by atoms with E-state index in [9.17, 15) is 4.79 Å². The van der Waals surface area contributed by atoms with E-state index in [-0.39, 0.29) is 5.78 Å². The van der Waals surface area contributed by atoms with Gasteiger partial charge in [-0.3, -0.25) is 4.79 Å². The van der Waals surface area contributed by atoms with Crippen LogP contribution in [0, 0.1) is 12.3 Å². The van der Waals surface area contributed by atoms with E-state index >= 15 is 0 Å². The maximum Gasteiger partial charge on any atom is 0.178 e. The number of carbonyl (C=O) groups is 1. The molecular weight excluding hydrogens is 176 g/mol. The molecule has 1 unspecified atom stereocenters. The number of carbonyl (C=O) groups excluding carboxylic acids is 1. The molecule has 1 atom stereocenters. The van der Waals surface area contributed by atoms with Gasteiger partial charge in [-0.25, -0.2) is 0 Å². The van der Waals surface area contributed by atoms with Crippen molar-refractivity contribution >= 4 is 5.78 Å². The van der Waals surface area contributed by atoms with Crippen LogP contribution in [0.25, 0.3) is 0 Å². The van der Waals surface area contributed by atoms with E-state index in [0.29, 0.717) is 12.8 Å². The fourth-order valence-corrected chi connectivity index (χ4v) is 1.55. The average molecular weight is 186 g/mol. The highest BCUT2D eigenvalue weighted by molar-refractivity contribution is 5.87. The van der Waals surface area contributed by atoms with Crippen LogP contribution in [0.15, 0.2) is 24.3 Å². The zero-order chi connectivity index (χ0) is 9.97. The third kappa shape index (κ3) is 1.49. The lowest BCUT2D eigenvalue weighted by atomic mass is 9.99. The minimum absolute atomic E-state index is 0.0710. The molecule has 0 aliphatic carbocycles. The third-order valence-electron chi connectivity index (χ3n) is 2.27. The lowest BCUT2D eigenvalue weighted by Gasteiger charge is -2.23. The van der Waals surface area contributed by atoms with Gasteiger partial charge in [-0.15, -0.1) is 12.3 Å². The summed E-state index contributed by atoms with van der Waals surface area (Å²) < 4.78 is 5.49. The quantitative estimate of drug-likeness (QED) is 0.622. The zero-order valence-electron chi connectivity index (χ0n) is 7.69. The average Bonchev–Trinajstić information content (AvgIpc) is 2.19. The summed E-state index contributed by atoms with van der Waals surface area (Å²) in [4.78, 5) is 11.5. The second-order valence-corrected chi connectivity index (χ2v) is 3.27. The lowest BCUT2D eigenvalue weighted by Crippen LogP contribution is -2.32. The molecule has 1 heterocycles. The van der Waals surface area contributed by atoms with Gasteiger partial charge in [0.05, 0.1) is 6.42 Å². The molecule has 2 rings (SSSR count). The van der Waals surface area contributed by atoms with Crippen LogP contribution >= 0.6 is 0 Å². The number of ether oxygens (including phenoxy) is 1. The first-order valence-electron chi connectivity index (χ1n) is 4.52. The van der Waals surface area contributed by atoms with Crippen molar-refractivity contribution < 1.29 is 9.53 Å². The Balaban J connectivity index is 2.28. The van der Waals surface area contributed by atoms with E-state index in [2.05, 4.69) is 5.92 Å². The van der Waals surface area contributed by atoms with E-state index in [1.807, 2.05) is 24.3 Å². The summed E-state index contributed by atoms with van der Waals surface area (Å²) in [6.45, 7) is 0. The molecule has 2 nitrogen and oxygen atoms in total. The van der Waals surface area contributed by atoms with Crippen molar-refractivity contribution in [2.75, 3.05) is 0 Å². The van der Waals surface area contributed by atoms with Gasteiger partial charge in [0.2, 0.25) is 0 Å². The topological polar surface area (TPSA) is 26.3 Å². The number of terminal acetylenes is 1. The lowest BCUT2D eigenvalue weighted by molar-refractivity contribution is -0.126. The molecule has 0 bridgehead atoms. The van der Waals surface area contributed by atoms with Crippen LogP contribution in [0.5, 0.6) is 5.75 Å². The first kappa shape index (κ1) is 8.83. The minimum Gasteiger partial charge on any atom is -0.481 e. The molecule has 0 amide bonds. The fourth-order valence-electron chi connectivity index (χ4n) is 1.55. The van der Waals surface area contributed by atoms with Crippen LogP contribution < -0.4 is 4.74 Å². The standard InChI is InChI=1S/C12H10O2/c1-2-5-12-10(13)8-9-6-3-4-7-11(9)14-12/h1,3-4,6-7,12H,5,8H2. The highest BCUT2D eigenvalue weighted by Gasteiger charge is 2.26. The van der Waals surface area contributed by atoms with E-state index in [1.165, 1.54) is 0 Å². The van der Waals surface area contributed by atoms with Crippen LogP contribution in [-0.2, 0) is 11.2 Å². The summed E-state index contributed by atoms with van der Waals surface area (Å²) in [6, 6.07) is 7.56. The molecule has 2 heteroatoms. The molecule has 1 aliphatic heterocycles. The predicted octanol–water partition coefficient (Wildman–Crippen LogP) is 1.58. The van der Waals surface area contributed by atoms with Crippen LogP contribution in [0.3, 0.4) is 0 Å². The van der Waals surface area contributed by atoms with Gasteiger partial charge < -0.3 is 4.74 Å². The molecule has 0 aromatic heterocycles. The van der Waals surface area contributed by atoms with Gasteiger partial charge in [-0.05, 0) is 6.07 Å². The number of ketones is 1. The second-order valence-electron chi connectivity index (χ2n) is 3.27. The predicted molar refractivity (Wildman–Crippen MR) is 53.0 cm³/mol. The number of para-hydroxylation sites is 1. The molecule has 1 aromatic carbocycles. The van der Waals surface area contributed by atoms with Gasteiger partial charge in [-0.1, -0.05) is 18.2 Å². The van der Waals surface area contributed by atoms with Gasteiger partial charge in [-0.2, -0.15) is 0 Å². The van der Waals surface area contributed by atoms with Crippen LogP contribution in [0.1, 0.15) is 12.0 Å². The number of rotatable bonds is 1. The summed E-state index contributed by atoms with van der Waals surface area (Å²) >= 11 is 0. The first-order chi connectivity index (χ1) is 6.81. The van der Waals surface area contributed by atoms with Gasteiger partial charge in [0.1, 0.15) is 5.75 Å². The minimum atomic E-state index is -0.449. The SMILES string of the molecule is C#CCC1Oc2ccccc2CC1=O. The summed E-state index contributed by atoms with van der Waals surface area (Å²) in [6.07, 6.45) is 5.50. The Labute approximate surface area is 82.9 Å². The maximum atomic E-state index is 11.5. The van der Waals surface area contributed by atoms with Crippen molar-refractivity contribution in [3.05, 3.63) is 29.8 Å². The van der Waals surface area contributed by atoms with E-state index in [4.69, 9.17) is 11.2 Å². The van der Waals surface area contributed by atoms with Crippen molar-refractivity contribution in [1.82, 2.24) is 0 Å².